The minimum Gasteiger partial charge on any atom is -0.481 e. The van der Waals surface area contributed by atoms with Crippen molar-refractivity contribution in [2.24, 2.45) is 7.05 Å². The summed E-state index contributed by atoms with van der Waals surface area (Å²) in [6, 6.07) is 0. The third kappa shape index (κ3) is 3.55. The molecule has 1 rings (SSSR count). The molecule has 0 radical (unpaired) electrons. The van der Waals surface area contributed by atoms with Crippen molar-refractivity contribution in [1.29, 1.82) is 0 Å². The first-order valence-electron chi connectivity index (χ1n) is 5.66. The Hall–Kier alpha value is -0.880. The largest absolute Gasteiger partial charge is 0.481 e. The van der Waals surface area contributed by atoms with Gasteiger partial charge in [0.2, 0.25) is 0 Å². The molecule has 0 bridgehead atoms. The molecular weight excluding hydrogens is 276 g/mol. The first-order valence-corrected chi connectivity index (χ1v) is 7.42. The summed E-state index contributed by atoms with van der Waals surface area (Å²) in [5.74, 6) is -0.710. The monoisotopic (exact) mass is 292 g/mol. The Bertz CT molecular complexity index is 473. The van der Waals surface area contributed by atoms with Gasteiger partial charge in [-0.25, -0.2) is 0 Å². The lowest BCUT2D eigenvalue weighted by molar-refractivity contribution is -0.136. The third-order valence-corrected chi connectivity index (χ3v) is 4.75. The van der Waals surface area contributed by atoms with Gasteiger partial charge >= 0.3 is 5.97 Å². The van der Waals surface area contributed by atoms with Crippen LogP contribution in [0.2, 0.25) is 5.02 Å². The number of rotatable bonds is 6. The van der Waals surface area contributed by atoms with Crippen molar-refractivity contribution in [3.8, 4) is 0 Å². The van der Waals surface area contributed by atoms with E-state index < -0.39 is 22.0 Å². The number of aromatic nitrogens is 2. The molecule has 2 unspecified atom stereocenters. The Morgan fingerprint density at radius 1 is 1.61 bits per heavy atom. The van der Waals surface area contributed by atoms with Crippen molar-refractivity contribution in [3.63, 3.8) is 0 Å². The molecule has 5 nitrogen and oxygen atoms in total. The number of nitrogens with zero attached hydrogens (tertiary/aromatic N) is 2. The van der Waals surface area contributed by atoms with Crippen LogP contribution in [-0.2, 0) is 34.8 Å². The van der Waals surface area contributed by atoms with Crippen molar-refractivity contribution in [2.45, 2.75) is 37.7 Å². The van der Waals surface area contributed by atoms with Gasteiger partial charge in [-0.2, -0.15) is 5.10 Å². The van der Waals surface area contributed by atoms with E-state index in [1.807, 2.05) is 6.92 Å². The number of hydrogen-bond acceptors (Lipinski definition) is 3. The molecule has 0 saturated carbocycles. The number of aliphatic carboxylic acids is 1. The molecule has 18 heavy (non-hydrogen) atoms. The van der Waals surface area contributed by atoms with Gasteiger partial charge in [0.1, 0.15) is 0 Å². The zero-order chi connectivity index (χ0) is 13.9. The summed E-state index contributed by atoms with van der Waals surface area (Å²) in [6.07, 6.45) is 0.604. The van der Waals surface area contributed by atoms with Gasteiger partial charge in [-0.05, 0) is 6.42 Å². The lowest BCUT2D eigenvalue weighted by Crippen LogP contribution is -2.18. The molecule has 0 spiro atoms. The minimum absolute atomic E-state index is 0.108. The fourth-order valence-corrected chi connectivity index (χ4v) is 3.25. The second kappa shape index (κ2) is 6.33. The van der Waals surface area contributed by atoms with Crippen molar-refractivity contribution >= 4 is 28.4 Å². The van der Waals surface area contributed by atoms with Gasteiger partial charge in [0, 0.05) is 23.1 Å². The average molecular weight is 293 g/mol. The third-order valence-electron chi connectivity index (χ3n) is 2.69. The predicted octanol–water partition coefficient (Wildman–Crippen LogP) is 1.75. The first kappa shape index (κ1) is 15.2. The molecular formula is C11H17ClN2O3S. The van der Waals surface area contributed by atoms with Gasteiger partial charge in [-0.15, -0.1) is 0 Å². The van der Waals surface area contributed by atoms with Crippen molar-refractivity contribution in [2.75, 3.05) is 0 Å². The highest BCUT2D eigenvalue weighted by Gasteiger charge is 2.20. The summed E-state index contributed by atoms with van der Waals surface area (Å²) in [6.45, 7) is 3.61. The van der Waals surface area contributed by atoms with E-state index in [2.05, 4.69) is 5.10 Å². The number of hydrogen-bond donors (Lipinski definition) is 1. The molecule has 1 aromatic heterocycles. The summed E-state index contributed by atoms with van der Waals surface area (Å²) >= 11 is 6.15. The average Bonchev–Trinajstić information content (AvgIpc) is 2.55. The maximum absolute atomic E-state index is 12.0. The highest BCUT2D eigenvalue weighted by atomic mass is 35.5. The summed E-state index contributed by atoms with van der Waals surface area (Å²) < 4.78 is 13.6. The number of carboxylic acids is 1. The smallest absolute Gasteiger partial charge is 0.304 e. The molecule has 102 valence electrons. The molecule has 2 atom stereocenters. The fourth-order valence-electron chi connectivity index (χ4n) is 1.59. The molecule has 1 N–H and O–H groups in total. The standard InChI is InChI=1S/C11H17ClN2O3S/c1-4-8-11(12)9(14(3)13-8)6-18(17)7(2)5-10(15)16/h7H,4-6H2,1-3H3,(H,15,16). The van der Waals surface area contributed by atoms with Crippen LogP contribution in [0.1, 0.15) is 31.7 Å². The molecule has 0 aliphatic heterocycles. The van der Waals surface area contributed by atoms with E-state index in [0.29, 0.717) is 17.1 Å². The normalized spacial score (nSPS) is 14.4. The van der Waals surface area contributed by atoms with Gasteiger partial charge in [0.05, 0.1) is 28.6 Å². The van der Waals surface area contributed by atoms with Crippen LogP contribution in [0, 0.1) is 0 Å². The van der Waals surface area contributed by atoms with Crippen molar-refractivity contribution in [3.05, 3.63) is 16.4 Å². The Kier molecular flexibility index (Phi) is 5.34. The number of aryl methyl sites for hydroxylation is 2. The molecule has 0 aromatic carbocycles. The van der Waals surface area contributed by atoms with Gasteiger partial charge < -0.3 is 5.11 Å². The molecule has 0 fully saturated rings. The van der Waals surface area contributed by atoms with Crippen molar-refractivity contribution < 1.29 is 14.1 Å². The van der Waals surface area contributed by atoms with Crippen LogP contribution in [0.5, 0.6) is 0 Å². The van der Waals surface area contributed by atoms with E-state index in [1.54, 1.807) is 18.7 Å². The summed E-state index contributed by atoms with van der Waals surface area (Å²) in [4.78, 5) is 10.6. The van der Waals surface area contributed by atoms with Crippen LogP contribution in [0.4, 0.5) is 0 Å². The number of carbonyl (C=O) groups is 1. The topological polar surface area (TPSA) is 72.2 Å². The maximum atomic E-state index is 12.0. The van der Waals surface area contributed by atoms with Crippen LogP contribution in [0.25, 0.3) is 0 Å². The van der Waals surface area contributed by atoms with E-state index in [-0.39, 0.29) is 12.2 Å². The number of carboxylic acid groups (broad SMARTS) is 1. The SMILES string of the molecule is CCc1nn(C)c(CS(=O)C(C)CC(=O)O)c1Cl. The van der Waals surface area contributed by atoms with Crippen LogP contribution in [0.15, 0.2) is 0 Å². The Morgan fingerprint density at radius 2 is 2.22 bits per heavy atom. The van der Waals surface area contributed by atoms with E-state index in [0.717, 1.165) is 5.69 Å². The minimum atomic E-state index is -1.27. The Balaban J connectivity index is 2.82. The van der Waals surface area contributed by atoms with Crippen LogP contribution in [0.3, 0.4) is 0 Å². The predicted molar refractivity (Wildman–Crippen MR) is 71.2 cm³/mol. The quantitative estimate of drug-likeness (QED) is 0.867. The zero-order valence-corrected chi connectivity index (χ0v) is 12.2. The van der Waals surface area contributed by atoms with E-state index in [9.17, 15) is 9.00 Å². The van der Waals surface area contributed by atoms with Crippen LogP contribution in [-0.4, -0.2) is 30.3 Å². The second-order valence-electron chi connectivity index (χ2n) is 4.12. The molecule has 0 amide bonds. The molecule has 7 heteroatoms. The molecule has 1 aromatic rings. The molecule has 1 heterocycles. The second-order valence-corrected chi connectivity index (χ2v) is 6.35. The lowest BCUT2D eigenvalue weighted by Gasteiger charge is -2.09. The summed E-state index contributed by atoms with van der Waals surface area (Å²) in [5.41, 5.74) is 1.47. The van der Waals surface area contributed by atoms with E-state index >= 15 is 0 Å². The maximum Gasteiger partial charge on any atom is 0.304 e. The van der Waals surface area contributed by atoms with Gasteiger partial charge in [0.15, 0.2) is 0 Å². The van der Waals surface area contributed by atoms with Gasteiger partial charge in [-0.1, -0.05) is 25.4 Å². The zero-order valence-electron chi connectivity index (χ0n) is 10.6. The van der Waals surface area contributed by atoms with Crippen molar-refractivity contribution in [1.82, 2.24) is 9.78 Å². The first-order chi connectivity index (χ1) is 8.36. The van der Waals surface area contributed by atoms with E-state index in [4.69, 9.17) is 16.7 Å². The van der Waals surface area contributed by atoms with Crippen LogP contribution >= 0.6 is 11.6 Å². The highest BCUT2D eigenvalue weighted by Crippen LogP contribution is 2.23. The number of halogens is 1. The van der Waals surface area contributed by atoms with Gasteiger partial charge in [-0.3, -0.25) is 13.7 Å². The van der Waals surface area contributed by atoms with E-state index in [1.165, 1.54) is 0 Å². The molecule has 0 aliphatic rings. The summed E-state index contributed by atoms with van der Waals surface area (Å²) in [5, 5.41) is 13.0. The summed E-state index contributed by atoms with van der Waals surface area (Å²) in [7, 11) is 0.478. The lowest BCUT2D eigenvalue weighted by atomic mass is 10.3. The Morgan fingerprint density at radius 3 is 2.67 bits per heavy atom. The molecule has 0 aliphatic carbocycles. The fraction of sp³-hybridized carbons (Fsp3) is 0.636. The van der Waals surface area contributed by atoms with Gasteiger partial charge in [0.25, 0.3) is 0 Å². The highest BCUT2D eigenvalue weighted by molar-refractivity contribution is 7.84. The molecule has 0 saturated heterocycles. The van der Waals surface area contributed by atoms with Crippen LogP contribution < -0.4 is 0 Å². The Labute approximate surface area is 114 Å².